The Balaban J connectivity index is 0. The summed E-state index contributed by atoms with van der Waals surface area (Å²) in [5.74, 6) is 0. The van der Waals surface area contributed by atoms with Gasteiger partial charge in [0.1, 0.15) is 6.61 Å². The largest absolute Gasteiger partial charge is 0.379 e. The Labute approximate surface area is 86.2 Å². The molecular formula is C10H23F2NO. The Kier molecular flexibility index (Phi) is 14.8. The number of halogens is 2. The normalized spacial score (nSPS) is 15.6. The van der Waals surface area contributed by atoms with Crippen LogP contribution in [0.5, 0.6) is 0 Å². The second-order valence-electron chi connectivity index (χ2n) is 2.86. The minimum absolute atomic E-state index is 0.458. The molecule has 2 nitrogen and oxygen atoms in total. The van der Waals surface area contributed by atoms with Gasteiger partial charge in [-0.05, 0) is 33.0 Å². The molecule has 0 aromatic heterocycles. The first-order valence-electron chi connectivity index (χ1n) is 5.12. The molecule has 88 valence electrons. The van der Waals surface area contributed by atoms with E-state index in [2.05, 4.69) is 16.7 Å². The number of methoxy groups -OCH3 is 1. The van der Waals surface area contributed by atoms with Crippen molar-refractivity contribution in [2.75, 3.05) is 33.9 Å². The first kappa shape index (κ1) is 16.2. The second-order valence-corrected chi connectivity index (χ2v) is 2.86. The lowest BCUT2D eigenvalue weighted by atomic mass is 10.4. The van der Waals surface area contributed by atoms with E-state index in [4.69, 9.17) is 0 Å². The van der Waals surface area contributed by atoms with E-state index in [0.717, 1.165) is 0 Å². The van der Waals surface area contributed by atoms with Gasteiger partial charge in [0.05, 0.1) is 0 Å². The van der Waals surface area contributed by atoms with Gasteiger partial charge in [-0.2, -0.15) is 0 Å². The van der Waals surface area contributed by atoms with E-state index in [1.807, 2.05) is 13.8 Å². The molecule has 0 aromatic carbocycles. The zero-order chi connectivity index (χ0) is 11.4. The van der Waals surface area contributed by atoms with Crippen molar-refractivity contribution >= 4 is 0 Å². The van der Waals surface area contributed by atoms with Gasteiger partial charge < -0.3 is 9.64 Å². The van der Waals surface area contributed by atoms with Crippen molar-refractivity contribution in [3.63, 3.8) is 0 Å². The third-order valence-corrected chi connectivity index (χ3v) is 1.62. The van der Waals surface area contributed by atoms with E-state index in [9.17, 15) is 8.78 Å². The summed E-state index contributed by atoms with van der Waals surface area (Å²) < 4.78 is 25.9. The van der Waals surface area contributed by atoms with Crippen LogP contribution in [0.25, 0.3) is 0 Å². The summed E-state index contributed by atoms with van der Waals surface area (Å²) in [5.41, 5.74) is 0. The molecule has 0 aromatic rings. The zero-order valence-electron chi connectivity index (χ0n) is 9.72. The van der Waals surface area contributed by atoms with E-state index in [1.165, 1.54) is 33.0 Å². The zero-order valence-corrected chi connectivity index (χ0v) is 9.72. The third kappa shape index (κ3) is 14.3. The van der Waals surface area contributed by atoms with E-state index in [1.54, 1.807) is 0 Å². The molecule has 0 N–H and O–H groups in total. The molecule has 0 amide bonds. The number of likely N-dealkylation sites (tertiary alicyclic amines) is 1. The van der Waals surface area contributed by atoms with Crippen LogP contribution in [0.3, 0.4) is 0 Å². The van der Waals surface area contributed by atoms with Crippen LogP contribution >= 0.6 is 0 Å². The Morgan fingerprint density at radius 1 is 1.21 bits per heavy atom. The van der Waals surface area contributed by atoms with Gasteiger partial charge in [-0.15, -0.1) is 0 Å². The SMILES string of the molecule is CC.CN1CCCC1.COCC(F)F. The molecular weight excluding hydrogens is 188 g/mol. The fraction of sp³-hybridized carbons (Fsp3) is 1.00. The molecule has 0 spiro atoms. The summed E-state index contributed by atoms with van der Waals surface area (Å²) in [5, 5.41) is 0. The van der Waals surface area contributed by atoms with Crippen LogP contribution in [0.1, 0.15) is 26.7 Å². The molecule has 0 unspecified atom stereocenters. The van der Waals surface area contributed by atoms with Crippen LogP contribution in [0.4, 0.5) is 8.78 Å². The van der Waals surface area contributed by atoms with Crippen LogP contribution in [-0.4, -0.2) is 45.2 Å². The molecule has 0 aliphatic carbocycles. The van der Waals surface area contributed by atoms with Crippen molar-refractivity contribution in [1.29, 1.82) is 0 Å². The molecule has 1 aliphatic heterocycles. The summed E-state index contributed by atoms with van der Waals surface area (Å²) >= 11 is 0. The van der Waals surface area contributed by atoms with Crippen molar-refractivity contribution in [2.45, 2.75) is 33.1 Å². The Morgan fingerprint density at radius 2 is 1.64 bits per heavy atom. The molecule has 0 radical (unpaired) electrons. The molecule has 1 aliphatic rings. The molecule has 1 rings (SSSR count). The maximum Gasteiger partial charge on any atom is 0.261 e. The third-order valence-electron chi connectivity index (χ3n) is 1.62. The van der Waals surface area contributed by atoms with Crippen LogP contribution < -0.4 is 0 Å². The van der Waals surface area contributed by atoms with Gasteiger partial charge in [-0.25, -0.2) is 8.78 Å². The molecule has 4 heteroatoms. The smallest absolute Gasteiger partial charge is 0.261 e. The van der Waals surface area contributed by atoms with Crippen molar-refractivity contribution in [3.8, 4) is 0 Å². The highest BCUT2D eigenvalue weighted by Gasteiger charge is 2.03. The van der Waals surface area contributed by atoms with E-state index >= 15 is 0 Å². The summed E-state index contributed by atoms with van der Waals surface area (Å²) in [6.07, 6.45) is 0.502. The molecule has 14 heavy (non-hydrogen) atoms. The summed E-state index contributed by atoms with van der Waals surface area (Å²) in [6, 6.07) is 0. The number of hydrogen-bond donors (Lipinski definition) is 0. The number of hydrogen-bond acceptors (Lipinski definition) is 2. The summed E-state index contributed by atoms with van der Waals surface area (Å²) in [7, 11) is 3.42. The first-order valence-corrected chi connectivity index (χ1v) is 5.12. The highest BCUT2D eigenvalue weighted by molar-refractivity contribution is 4.59. The number of alkyl halides is 2. The second kappa shape index (κ2) is 12.8. The lowest BCUT2D eigenvalue weighted by Gasteiger charge is -2.01. The highest BCUT2D eigenvalue weighted by Crippen LogP contribution is 2.02. The average Bonchev–Trinajstić information content (AvgIpc) is 2.60. The first-order chi connectivity index (χ1) is 6.66. The predicted octanol–water partition coefficient (Wildman–Crippen LogP) is 2.64. The Hall–Kier alpha value is -0.220. The van der Waals surface area contributed by atoms with Gasteiger partial charge in [0.15, 0.2) is 0 Å². The number of nitrogens with zero attached hydrogens (tertiary/aromatic N) is 1. The molecule has 0 saturated carbocycles. The molecule has 0 atom stereocenters. The minimum Gasteiger partial charge on any atom is -0.379 e. The van der Waals surface area contributed by atoms with Crippen molar-refractivity contribution in [1.82, 2.24) is 4.90 Å². The van der Waals surface area contributed by atoms with E-state index in [-0.39, 0.29) is 0 Å². The monoisotopic (exact) mass is 211 g/mol. The fourth-order valence-corrected chi connectivity index (χ4v) is 1.00. The van der Waals surface area contributed by atoms with Gasteiger partial charge in [0.2, 0.25) is 0 Å². The molecule has 1 heterocycles. The number of rotatable bonds is 2. The minimum atomic E-state index is -2.32. The summed E-state index contributed by atoms with van der Waals surface area (Å²) in [4.78, 5) is 2.36. The highest BCUT2D eigenvalue weighted by atomic mass is 19.3. The van der Waals surface area contributed by atoms with Crippen molar-refractivity contribution < 1.29 is 13.5 Å². The van der Waals surface area contributed by atoms with Crippen LogP contribution in [0.15, 0.2) is 0 Å². The molecule has 1 saturated heterocycles. The summed E-state index contributed by atoms with van der Waals surface area (Å²) in [6.45, 7) is 6.18. The topological polar surface area (TPSA) is 12.5 Å². The van der Waals surface area contributed by atoms with Crippen LogP contribution in [0.2, 0.25) is 0 Å². The maximum atomic E-state index is 10.9. The van der Waals surface area contributed by atoms with Gasteiger partial charge in [0.25, 0.3) is 6.43 Å². The van der Waals surface area contributed by atoms with Crippen molar-refractivity contribution in [3.05, 3.63) is 0 Å². The van der Waals surface area contributed by atoms with Crippen LogP contribution in [-0.2, 0) is 4.74 Å². The predicted molar refractivity (Wildman–Crippen MR) is 56.0 cm³/mol. The maximum absolute atomic E-state index is 10.9. The van der Waals surface area contributed by atoms with Gasteiger partial charge in [-0.3, -0.25) is 0 Å². The van der Waals surface area contributed by atoms with Gasteiger partial charge in [0, 0.05) is 7.11 Å². The Bertz CT molecular complexity index is 96.1. The number of ether oxygens (including phenoxy) is 1. The standard InChI is InChI=1S/C5H11N.C3H6F2O.C2H6/c1-6-4-2-3-5-6;1-6-2-3(4)5;1-2/h2-5H2,1H3;3H,2H2,1H3;1-2H3. The molecule has 0 bridgehead atoms. The average molecular weight is 211 g/mol. The lowest BCUT2D eigenvalue weighted by molar-refractivity contribution is 0.0425. The molecule has 1 fully saturated rings. The quantitative estimate of drug-likeness (QED) is 0.696. The van der Waals surface area contributed by atoms with E-state index in [0.29, 0.717) is 0 Å². The van der Waals surface area contributed by atoms with Gasteiger partial charge in [-0.1, -0.05) is 13.8 Å². The van der Waals surface area contributed by atoms with Gasteiger partial charge >= 0.3 is 0 Å². The fourth-order valence-electron chi connectivity index (χ4n) is 1.00. The Morgan fingerprint density at radius 3 is 1.71 bits per heavy atom. The van der Waals surface area contributed by atoms with Crippen LogP contribution in [0, 0.1) is 0 Å². The van der Waals surface area contributed by atoms with E-state index < -0.39 is 13.0 Å². The van der Waals surface area contributed by atoms with Crippen molar-refractivity contribution in [2.24, 2.45) is 0 Å². The lowest BCUT2D eigenvalue weighted by Crippen LogP contribution is -2.10.